The first kappa shape index (κ1) is 38.5. The molecular weight excluding hydrogens is 735 g/mol. The van der Waals surface area contributed by atoms with Crippen molar-refractivity contribution in [1.82, 2.24) is 0 Å². The van der Waals surface area contributed by atoms with Gasteiger partial charge in [0.05, 0.1) is 16.4 Å². The number of rotatable bonds is 2. The van der Waals surface area contributed by atoms with Crippen LogP contribution in [-0.4, -0.2) is 12.8 Å². The Morgan fingerprint density at radius 1 is 0.797 bits per heavy atom. The molecule has 0 N–H and O–H groups in total. The van der Waals surface area contributed by atoms with Crippen molar-refractivity contribution >= 4 is 61.1 Å². The van der Waals surface area contributed by atoms with Crippen molar-refractivity contribution < 1.29 is 4.74 Å². The zero-order valence-corrected chi connectivity index (χ0v) is 37.8. The van der Waals surface area contributed by atoms with Crippen LogP contribution in [0.1, 0.15) is 107 Å². The Morgan fingerprint density at radius 2 is 1.54 bits per heavy atom. The van der Waals surface area contributed by atoms with E-state index in [1.54, 1.807) is 0 Å². The summed E-state index contributed by atoms with van der Waals surface area (Å²) in [5.41, 5.74) is 15.0. The van der Waals surface area contributed by atoms with Gasteiger partial charge in [-0.1, -0.05) is 155 Å². The van der Waals surface area contributed by atoms with Gasteiger partial charge in [-0.05, 0) is 94.3 Å². The topological polar surface area (TPSA) is 15.7 Å². The highest BCUT2D eigenvalue weighted by Gasteiger charge is 2.51. The van der Waals surface area contributed by atoms with Gasteiger partial charge in [-0.3, -0.25) is 0 Å². The van der Waals surface area contributed by atoms with Crippen molar-refractivity contribution in [2.75, 3.05) is 9.80 Å². The van der Waals surface area contributed by atoms with Crippen molar-refractivity contribution in [2.45, 2.75) is 118 Å². The molecule has 2 unspecified atom stereocenters. The molecule has 0 fully saturated rings. The number of thiophene rings is 1. The number of ether oxygens (including phenoxy) is 1. The van der Waals surface area contributed by atoms with Crippen molar-refractivity contribution in [3.8, 4) is 5.75 Å². The molecule has 0 bridgehead atoms. The van der Waals surface area contributed by atoms with Crippen LogP contribution < -0.4 is 24.8 Å². The molecule has 4 aromatic rings. The molecule has 4 heterocycles. The zero-order valence-electron chi connectivity index (χ0n) is 37.0. The van der Waals surface area contributed by atoms with E-state index in [1.807, 2.05) is 11.3 Å². The molecule has 6 aliphatic rings. The lowest BCUT2D eigenvalue weighted by atomic mass is 9.31. The summed E-state index contributed by atoms with van der Waals surface area (Å²) >= 11 is 2.00. The van der Waals surface area contributed by atoms with Gasteiger partial charge in [-0.25, -0.2) is 0 Å². The highest BCUT2D eigenvalue weighted by atomic mass is 32.1. The summed E-state index contributed by atoms with van der Waals surface area (Å²) in [5, 5.41) is 1.31. The molecule has 2 atom stereocenters. The highest BCUT2D eigenvalue weighted by molar-refractivity contribution is 7.32. The Hall–Kier alpha value is -4.74. The summed E-state index contributed by atoms with van der Waals surface area (Å²) in [6.07, 6.45) is 24.2. The van der Waals surface area contributed by atoms with Crippen molar-refractivity contribution in [3.05, 3.63) is 149 Å². The maximum atomic E-state index is 7.12. The first-order valence-electron chi connectivity index (χ1n) is 21.9. The van der Waals surface area contributed by atoms with Crippen LogP contribution in [0.15, 0.2) is 137 Å². The molecule has 10 rings (SSSR count). The molecule has 3 aromatic carbocycles. The van der Waals surface area contributed by atoms with E-state index >= 15 is 0 Å². The molecule has 0 saturated carbocycles. The number of anilines is 4. The lowest BCUT2D eigenvalue weighted by molar-refractivity contribution is 0.393. The van der Waals surface area contributed by atoms with Gasteiger partial charge in [0.2, 0.25) is 6.71 Å². The number of hydrogen-bond acceptors (Lipinski definition) is 4. The van der Waals surface area contributed by atoms with Gasteiger partial charge in [0.1, 0.15) is 11.5 Å². The van der Waals surface area contributed by atoms with E-state index in [2.05, 4.69) is 195 Å². The van der Waals surface area contributed by atoms with E-state index in [0.29, 0.717) is 0 Å². The van der Waals surface area contributed by atoms with E-state index in [4.69, 9.17) is 4.74 Å². The van der Waals surface area contributed by atoms with Gasteiger partial charge in [0.25, 0.3) is 0 Å². The van der Waals surface area contributed by atoms with Gasteiger partial charge in [-0.2, -0.15) is 0 Å². The van der Waals surface area contributed by atoms with Gasteiger partial charge in [0, 0.05) is 49.5 Å². The van der Waals surface area contributed by atoms with E-state index in [-0.39, 0.29) is 40.2 Å². The molecule has 3 aliphatic heterocycles. The molecule has 59 heavy (non-hydrogen) atoms. The van der Waals surface area contributed by atoms with E-state index in [0.717, 1.165) is 30.8 Å². The summed E-state index contributed by atoms with van der Waals surface area (Å²) < 4.78 is 9.86. The SMILES string of the molecule is CC(C)(C)C1=CCC(N2c3cccc4c3B(c3sc5c6c(ccc5c32)C(C)(C)C2=C(C=CCC=C2)O6)C2CC(C(C)(C)C)=CC=C2N4c2ccc(C(C)(C)C)cc2)C=C1. The van der Waals surface area contributed by atoms with Gasteiger partial charge < -0.3 is 14.5 Å². The number of nitrogens with zero attached hydrogens (tertiary/aromatic N) is 2. The van der Waals surface area contributed by atoms with Crippen molar-refractivity contribution in [2.24, 2.45) is 10.8 Å². The second kappa shape index (κ2) is 13.1. The molecule has 0 amide bonds. The molecule has 3 aliphatic carbocycles. The molecule has 0 radical (unpaired) electrons. The molecular formula is C54H59BN2OS. The van der Waals surface area contributed by atoms with Crippen LogP contribution in [-0.2, 0) is 10.8 Å². The van der Waals surface area contributed by atoms with Gasteiger partial charge in [0.15, 0.2) is 0 Å². The largest absolute Gasteiger partial charge is 0.455 e. The van der Waals surface area contributed by atoms with E-state index < -0.39 is 0 Å². The lowest BCUT2D eigenvalue weighted by Crippen LogP contribution is -2.59. The fourth-order valence-electron chi connectivity index (χ4n) is 10.6. The Morgan fingerprint density at radius 3 is 2.24 bits per heavy atom. The Balaban J connectivity index is 1.24. The van der Waals surface area contributed by atoms with Crippen LogP contribution in [0.3, 0.4) is 0 Å². The van der Waals surface area contributed by atoms with Crippen molar-refractivity contribution in [1.29, 1.82) is 0 Å². The van der Waals surface area contributed by atoms with E-state index in [1.165, 1.54) is 76.6 Å². The maximum Gasteiger partial charge on any atom is 0.239 e. The second-order valence-electron chi connectivity index (χ2n) is 21.3. The summed E-state index contributed by atoms with van der Waals surface area (Å²) in [7, 11) is 0. The minimum absolute atomic E-state index is 0.0687. The summed E-state index contributed by atoms with van der Waals surface area (Å²) in [6.45, 7) is 26.0. The monoisotopic (exact) mass is 794 g/mol. The lowest BCUT2D eigenvalue weighted by Gasteiger charge is -2.49. The molecule has 5 heteroatoms. The minimum atomic E-state index is -0.192. The van der Waals surface area contributed by atoms with Crippen LogP contribution in [0.4, 0.5) is 22.7 Å². The van der Waals surface area contributed by atoms with Crippen molar-refractivity contribution in [3.63, 3.8) is 0 Å². The van der Waals surface area contributed by atoms with Crippen LogP contribution >= 0.6 is 11.3 Å². The number of allylic oxidation sites excluding steroid dienone is 11. The maximum absolute atomic E-state index is 7.12. The first-order chi connectivity index (χ1) is 27.9. The predicted molar refractivity (Wildman–Crippen MR) is 255 cm³/mol. The third-order valence-corrected chi connectivity index (χ3v) is 15.3. The predicted octanol–water partition coefficient (Wildman–Crippen LogP) is 13.8. The molecule has 300 valence electrons. The van der Waals surface area contributed by atoms with Crippen LogP contribution in [0.5, 0.6) is 5.75 Å². The zero-order chi connectivity index (χ0) is 41.4. The summed E-state index contributed by atoms with van der Waals surface area (Å²) in [5.74, 6) is 2.29. The average molecular weight is 795 g/mol. The Kier molecular flexibility index (Phi) is 8.56. The van der Waals surface area contributed by atoms with Crippen LogP contribution in [0.2, 0.25) is 5.82 Å². The third-order valence-electron chi connectivity index (χ3n) is 14.0. The smallest absolute Gasteiger partial charge is 0.239 e. The first-order valence-corrected chi connectivity index (χ1v) is 22.7. The molecule has 3 nitrogen and oxygen atoms in total. The van der Waals surface area contributed by atoms with Gasteiger partial charge >= 0.3 is 0 Å². The number of hydrogen-bond donors (Lipinski definition) is 0. The standard InChI is InChI=1S/C54H59BN2OS/c1-51(2,3)33-20-25-36(26-21-33)56-42-31-24-35(53(7,8)9)32-41(42)55-46-43(56)17-15-18-44(46)57(37-27-22-34(23-28-37)52(4,5)6)47-38-29-30-40-48(49(38)59-50(47)55)58-45-19-14-12-13-16-39(45)54(40,10)11/h13-27,29-31,37,41H,12,28,32H2,1-11H3. The fraction of sp³-hybridized carbons (Fsp3) is 0.370. The Bertz CT molecular complexity index is 2650. The number of benzene rings is 3. The van der Waals surface area contributed by atoms with Gasteiger partial charge in [-0.15, -0.1) is 11.3 Å². The molecule has 1 aromatic heterocycles. The molecule has 0 spiro atoms. The van der Waals surface area contributed by atoms with Crippen LogP contribution in [0, 0.1) is 10.8 Å². The number of fused-ring (bicyclic) bond motifs is 8. The van der Waals surface area contributed by atoms with Crippen LogP contribution in [0.25, 0.3) is 10.1 Å². The quantitative estimate of drug-likeness (QED) is 0.188. The Labute approximate surface area is 357 Å². The fourth-order valence-corrected chi connectivity index (χ4v) is 12.1. The summed E-state index contributed by atoms with van der Waals surface area (Å²) in [4.78, 5) is 5.34. The van der Waals surface area contributed by atoms with E-state index in [9.17, 15) is 0 Å². The molecule has 0 saturated heterocycles. The summed E-state index contributed by atoms with van der Waals surface area (Å²) in [6, 6.07) is 21.5. The highest BCUT2D eigenvalue weighted by Crippen LogP contribution is 2.56. The third kappa shape index (κ3) is 5.96. The second-order valence-corrected chi connectivity index (χ2v) is 22.3. The average Bonchev–Trinajstić information content (AvgIpc) is 3.39. The normalized spacial score (nSPS) is 21.8. The minimum Gasteiger partial charge on any atom is -0.455 e.